The Morgan fingerprint density at radius 2 is 1.73 bits per heavy atom. The number of hydrogen-bond donors (Lipinski definition) is 4. The SMILES string of the molecule is C[C@@]1(C(=O)NNC(=O)c2cccnc2Nc2ccc(C(F)(F)F)cc2)C(=O)NCCN1C(=O)OCc1ccccc1. The number of carbonyl (C=O) groups is 4. The van der Waals surface area contributed by atoms with E-state index >= 15 is 0 Å². The van der Waals surface area contributed by atoms with Gasteiger partial charge in [-0.3, -0.25) is 30.1 Å². The van der Waals surface area contributed by atoms with Crippen LogP contribution >= 0.6 is 0 Å². The van der Waals surface area contributed by atoms with Gasteiger partial charge in [0, 0.05) is 25.0 Å². The van der Waals surface area contributed by atoms with E-state index in [0.717, 1.165) is 17.0 Å². The highest BCUT2D eigenvalue weighted by molar-refractivity contribution is 6.12. The molecule has 4 N–H and O–H groups in total. The van der Waals surface area contributed by atoms with E-state index in [1.165, 1.54) is 37.4 Å². The molecule has 11 nitrogen and oxygen atoms in total. The molecule has 2 heterocycles. The van der Waals surface area contributed by atoms with Gasteiger partial charge in [0.05, 0.1) is 11.1 Å². The Morgan fingerprint density at radius 1 is 1.02 bits per heavy atom. The number of alkyl halides is 3. The van der Waals surface area contributed by atoms with Crippen LogP contribution in [0.5, 0.6) is 0 Å². The van der Waals surface area contributed by atoms with E-state index in [4.69, 9.17) is 4.74 Å². The Bertz CT molecular complexity index is 1440. The molecule has 2 aromatic carbocycles. The lowest BCUT2D eigenvalue weighted by atomic mass is 9.95. The number of halogens is 3. The number of pyridine rings is 1. The standard InChI is InChI=1S/C27H25F3N6O5/c1-26(23(38)32-14-15-36(26)25(40)41-16-17-6-3-2-4-7-17)24(39)35-34-22(37)20-8-5-13-31-21(20)33-19-11-9-18(10-12-19)27(28,29)30/h2-13H,14-16H2,1H3,(H,31,33)(H,32,38)(H,34,37)(H,35,39)/t26-/m0/s1. The summed E-state index contributed by atoms with van der Waals surface area (Å²) >= 11 is 0. The predicted molar refractivity (Wildman–Crippen MR) is 139 cm³/mol. The van der Waals surface area contributed by atoms with E-state index in [1.54, 1.807) is 30.3 Å². The van der Waals surface area contributed by atoms with E-state index in [2.05, 4.69) is 26.5 Å². The lowest BCUT2D eigenvalue weighted by Crippen LogP contribution is -2.72. The number of ether oxygens (including phenoxy) is 1. The van der Waals surface area contributed by atoms with Crippen molar-refractivity contribution in [2.45, 2.75) is 25.2 Å². The second kappa shape index (κ2) is 11.9. The third-order valence-corrected chi connectivity index (χ3v) is 6.29. The average Bonchev–Trinajstić information content (AvgIpc) is 2.96. The van der Waals surface area contributed by atoms with Gasteiger partial charge in [-0.2, -0.15) is 13.2 Å². The number of piperazine rings is 1. The number of carbonyl (C=O) groups excluding carboxylic acids is 4. The molecule has 14 heteroatoms. The summed E-state index contributed by atoms with van der Waals surface area (Å²) in [5.74, 6) is -2.65. The Balaban J connectivity index is 1.43. The molecule has 214 valence electrons. The van der Waals surface area contributed by atoms with Gasteiger partial charge in [0.2, 0.25) is 5.54 Å². The van der Waals surface area contributed by atoms with Gasteiger partial charge in [-0.05, 0) is 48.9 Å². The van der Waals surface area contributed by atoms with Crippen LogP contribution in [0.15, 0.2) is 72.9 Å². The Hall–Kier alpha value is -5.14. The largest absolute Gasteiger partial charge is 0.445 e. The number of nitrogens with zero attached hydrogens (tertiary/aromatic N) is 2. The first-order valence-electron chi connectivity index (χ1n) is 12.3. The van der Waals surface area contributed by atoms with Crippen molar-refractivity contribution < 1.29 is 37.1 Å². The lowest BCUT2D eigenvalue weighted by molar-refractivity contribution is -0.147. The molecule has 0 unspecified atom stereocenters. The molecule has 1 fully saturated rings. The fourth-order valence-corrected chi connectivity index (χ4v) is 3.97. The van der Waals surface area contributed by atoms with Gasteiger partial charge < -0.3 is 15.4 Å². The first kappa shape index (κ1) is 28.9. The molecule has 4 amide bonds. The number of hydrogen-bond acceptors (Lipinski definition) is 7. The Labute approximate surface area is 232 Å². The van der Waals surface area contributed by atoms with Crippen LogP contribution in [0.25, 0.3) is 0 Å². The molecule has 1 atom stereocenters. The van der Waals surface area contributed by atoms with Crippen LogP contribution in [0.3, 0.4) is 0 Å². The maximum atomic E-state index is 13.2. The maximum Gasteiger partial charge on any atom is 0.416 e. The first-order valence-corrected chi connectivity index (χ1v) is 12.3. The summed E-state index contributed by atoms with van der Waals surface area (Å²) < 4.78 is 43.9. The number of amides is 4. The van der Waals surface area contributed by atoms with Crippen molar-refractivity contribution in [2.75, 3.05) is 18.4 Å². The molecule has 0 bridgehead atoms. The molecule has 41 heavy (non-hydrogen) atoms. The Morgan fingerprint density at radius 3 is 2.41 bits per heavy atom. The third-order valence-electron chi connectivity index (χ3n) is 6.29. The minimum absolute atomic E-state index is 0.00764. The number of aromatic nitrogens is 1. The van der Waals surface area contributed by atoms with Crippen LogP contribution in [0.2, 0.25) is 0 Å². The molecule has 1 aliphatic heterocycles. The molecule has 3 aromatic rings. The number of anilines is 2. The van der Waals surface area contributed by atoms with Crippen molar-refractivity contribution in [3.63, 3.8) is 0 Å². The van der Waals surface area contributed by atoms with Crippen LogP contribution in [0.1, 0.15) is 28.4 Å². The van der Waals surface area contributed by atoms with E-state index < -0.39 is 41.1 Å². The van der Waals surface area contributed by atoms with Crippen molar-refractivity contribution >= 4 is 35.3 Å². The lowest BCUT2D eigenvalue weighted by Gasteiger charge is -2.41. The van der Waals surface area contributed by atoms with Gasteiger partial charge >= 0.3 is 12.3 Å². The van der Waals surface area contributed by atoms with Crippen LogP contribution < -0.4 is 21.5 Å². The summed E-state index contributed by atoms with van der Waals surface area (Å²) in [6.45, 7) is 1.20. The van der Waals surface area contributed by atoms with Gasteiger partial charge in [-0.1, -0.05) is 30.3 Å². The second-order valence-corrected chi connectivity index (χ2v) is 9.03. The highest BCUT2D eigenvalue weighted by Gasteiger charge is 2.52. The zero-order valence-electron chi connectivity index (χ0n) is 21.6. The van der Waals surface area contributed by atoms with Crippen molar-refractivity contribution in [3.8, 4) is 0 Å². The van der Waals surface area contributed by atoms with Crippen LogP contribution in [0, 0.1) is 0 Å². The summed E-state index contributed by atoms with van der Waals surface area (Å²) in [5.41, 5.74) is 2.32. The molecule has 0 saturated carbocycles. The second-order valence-electron chi connectivity index (χ2n) is 9.03. The van der Waals surface area contributed by atoms with Crippen LogP contribution in [-0.4, -0.2) is 52.3 Å². The smallest absolute Gasteiger partial charge is 0.416 e. The number of hydrazine groups is 1. The summed E-state index contributed by atoms with van der Waals surface area (Å²) in [6.07, 6.45) is -4.05. The monoisotopic (exact) mass is 570 g/mol. The van der Waals surface area contributed by atoms with Gasteiger partial charge in [0.15, 0.2) is 0 Å². The van der Waals surface area contributed by atoms with Crippen molar-refractivity contribution in [1.29, 1.82) is 0 Å². The molecule has 1 saturated heterocycles. The average molecular weight is 571 g/mol. The molecular weight excluding hydrogens is 545 g/mol. The minimum Gasteiger partial charge on any atom is -0.445 e. The van der Waals surface area contributed by atoms with Crippen molar-refractivity contribution in [1.82, 2.24) is 26.1 Å². The summed E-state index contributed by atoms with van der Waals surface area (Å²) in [6, 6.07) is 15.7. The molecule has 0 radical (unpaired) electrons. The molecule has 0 spiro atoms. The van der Waals surface area contributed by atoms with E-state index in [-0.39, 0.29) is 36.8 Å². The van der Waals surface area contributed by atoms with Crippen molar-refractivity contribution in [3.05, 3.63) is 89.6 Å². The van der Waals surface area contributed by atoms with E-state index in [0.29, 0.717) is 5.56 Å². The predicted octanol–water partition coefficient (Wildman–Crippen LogP) is 3.13. The van der Waals surface area contributed by atoms with E-state index in [1.807, 2.05) is 0 Å². The molecular formula is C27H25F3N6O5. The fourth-order valence-electron chi connectivity index (χ4n) is 3.97. The highest BCUT2D eigenvalue weighted by atomic mass is 19.4. The number of rotatable bonds is 6. The molecule has 4 rings (SSSR count). The topological polar surface area (TPSA) is 142 Å². The Kier molecular flexibility index (Phi) is 8.40. The van der Waals surface area contributed by atoms with Gasteiger partial charge in [-0.15, -0.1) is 0 Å². The zero-order chi connectivity index (χ0) is 29.6. The van der Waals surface area contributed by atoms with Crippen LogP contribution in [0.4, 0.5) is 29.5 Å². The van der Waals surface area contributed by atoms with Crippen LogP contribution in [-0.2, 0) is 27.1 Å². The van der Waals surface area contributed by atoms with Gasteiger partial charge in [0.1, 0.15) is 12.4 Å². The highest BCUT2D eigenvalue weighted by Crippen LogP contribution is 2.30. The normalized spacial score (nSPS) is 16.8. The quantitative estimate of drug-likeness (QED) is 0.264. The summed E-state index contributed by atoms with van der Waals surface area (Å²) in [5, 5.41) is 5.29. The van der Waals surface area contributed by atoms with Gasteiger partial charge in [-0.25, -0.2) is 9.78 Å². The third kappa shape index (κ3) is 6.54. The number of benzene rings is 2. The number of nitrogens with one attached hydrogen (secondary N) is 4. The minimum atomic E-state index is -4.51. The van der Waals surface area contributed by atoms with Crippen molar-refractivity contribution in [2.24, 2.45) is 0 Å². The molecule has 1 aromatic heterocycles. The summed E-state index contributed by atoms with van der Waals surface area (Å²) in [4.78, 5) is 56.8. The van der Waals surface area contributed by atoms with Gasteiger partial charge in [0.25, 0.3) is 17.7 Å². The van der Waals surface area contributed by atoms with E-state index in [9.17, 15) is 32.3 Å². The molecule has 1 aliphatic rings. The summed E-state index contributed by atoms with van der Waals surface area (Å²) in [7, 11) is 0. The zero-order valence-corrected chi connectivity index (χ0v) is 21.6. The molecule has 0 aliphatic carbocycles. The maximum absolute atomic E-state index is 13.2. The first-order chi connectivity index (χ1) is 19.5. The fraction of sp³-hybridized carbons (Fsp3) is 0.222.